The Bertz CT molecular complexity index is 689. The smallest absolute Gasteiger partial charge is 0.331 e. The lowest BCUT2D eigenvalue weighted by Gasteiger charge is -2.14. The summed E-state index contributed by atoms with van der Waals surface area (Å²) in [5.74, 6) is 0.603. The van der Waals surface area contributed by atoms with Gasteiger partial charge in [-0.25, -0.2) is 4.79 Å². The van der Waals surface area contributed by atoms with Crippen LogP contribution < -0.4 is 11.2 Å². The zero-order valence-electron chi connectivity index (χ0n) is 11.9. The first-order chi connectivity index (χ1) is 8.91. The van der Waals surface area contributed by atoms with E-state index in [4.69, 9.17) is 0 Å². The Morgan fingerprint density at radius 3 is 2.21 bits per heavy atom. The van der Waals surface area contributed by atoms with E-state index in [9.17, 15) is 9.59 Å². The van der Waals surface area contributed by atoms with Gasteiger partial charge in [0.05, 0.1) is 5.52 Å². The molecule has 0 aliphatic heterocycles. The van der Waals surface area contributed by atoms with Crippen molar-refractivity contribution in [1.82, 2.24) is 14.1 Å². The molecule has 104 valence electrons. The van der Waals surface area contributed by atoms with Crippen molar-refractivity contribution in [3.8, 4) is 0 Å². The zero-order chi connectivity index (χ0) is 14.2. The van der Waals surface area contributed by atoms with E-state index in [1.807, 2.05) is 13.8 Å². The van der Waals surface area contributed by atoms with Crippen LogP contribution >= 0.6 is 0 Å². The minimum absolute atomic E-state index is 0.209. The predicted octanol–water partition coefficient (Wildman–Crippen LogP) is 1.80. The fourth-order valence-electron chi connectivity index (χ4n) is 2.30. The number of hydrogen-bond donors (Lipinski definition) is 1. The van der Waals surface area contributed by atoms with Crippen LogP contribution in [0.4, 0.5) is 0 Å². The molecule has 2 aromatic rings. The Labute approximate surface area is 111 Å². The van der Waals surface area contributed by atoms with Gasteiger partial charge in [0.25, 0.3) is 5.56 Å². The lowest BCUT2D eigenvalue weighted by atomic mass is 10.2. The monoisotopic (exact) mass is 263 g/mol. The summed E-state index contributed by atoms with van der Waals surface area (Å²) in [6.45, 7) is 9.18. The van der Waals surface area contributed by atoms with Crippen LogP contribution in [-0.4, -0.2) is 14.1 Å². The van der Waals surface area contributed by atoms with Crippen molar-refractivity contribution in [2.75, 3.05) is 0 Å². The summed E-state index contributed by atoms with van der Waals surface area (Å²) >= 11 is 0. The lowest BCUT2D eigenvalue weighted by Crippen LogP contribution is -2.41. The number of H-pyrrole nitrogens is 1. The Morgan fingerprint density at radius 2 is 1.63 bits per heavy atom. The van der Waals surface area contributed by atoms with Crippen molar-refractivity contribution in [1.29, 1.82) is 0 Å². The topological polar surface area (TPSA) is 59.8 Å². The fourth-order valence-corrected chi connectivity index (χ4v) is 2.30. The molecule has 0 aromatic carbocycles. The van der Waals surface area contributed by atoms with Crippen molar-refractivity contribution in [3.05, 3.63) is 33.1 Å². The number of aromatic amines is 1. The molecule has 0 saturated carbocycles. The Morgan fingerprint density at radius 1 is 1.05 bits per heavy atom. The summed E-state index contributed by atoms with van der Waals surface area (Å²) in [5, 5.41) is 0. The maximum absolute atomic E-state index is 12.5. The molecular formula is C14H21N3O2. The van der Waals surface area contributed by atoms with Gasteiger partial charge >= 0.3 is 5.69 Å². The highest BCUT2D eigenvalue weighted by atomic mass is 16.2. The van der Waals surface area contributed by atoms with E-state index in [0.29, 0.717) is 30.0 Å². The van der Waals surface area contributed by atoms with E-state index in [2.05, 4.69) is 18.8 Å². The molecule has 19 heavy (non-hydrogen) atoms. The largest absolute Gasteiger partial charge is 0.355 e. The highest BCUT2D eigenvalue weighted by molar-refractivity contribution is 5.74. The SMILES string of the molecule is CC(C)Cn1c(=O)c2[nH]ccc2n(CC(C)C)c1=O. The number of hydrogen-bond acceptors (Lipinski definition) is 2. The van der Waals surface area contributed by atoms with E-state index in [1.54, 1.807) is 16.8 Å². The normalized spacial score (nSPS) is 11.9. The first-order valence-electron chi connectivity index (χ1n) is 6.72. The Hall–Kier alpha value is -1.78. The minimum Gasteiger partial charge on any atom is -0.355 e. The molecule has 0 fully saturated rings. The van der Waals surface area contributed by atoms with Gasteiger partial charge in [-0.05, 0) is 17.9 Å². The second-order valence-electron chi connectivity index (χ2n) is 5.83. The van der Waals surface area contributed by atoms with E-state index in [-0.39, 0.29) is 17.2 Å². The molecule has 2 aromatic heterocycles. The molecular weight excluding hydrogens is 242 g/mol. The van der Waals surface area contributed by atoms with Gasteiger partial charge in [0, 0.05) is 19.3 Å². The van der Waals surface area contributed by atoms with Gasteiger partial charge in [-0.15, -0.1) is 0 Å². The van der Waals surface area contributed by atoms with Gasteiger partial charge < -0.3 is 4.98 Å². The van der Waals surface area contributed by atoms with Crippen LogP contribution in [0.5, 0.6) is 0 Å². The molecule has 0 spiro atoms. The maximum atomic E-state index is 12.5. The first kappa shape index (κ1) is 13.6. The molecule has 5 heteroatoms. The third-order valence-corrected chi connectivity index (χ3v) is 3.03. The summed E-state index contributed by atoms with van der Waals surface area (Å²) < 4.78 is 3.03. The third kappa shape index (κ3) is 2.50. The Balaban J connectivity index is 2.75. The highest BCUT2D eigenvalue weighted by Crippen LogP contribution is 2.08. The molecule has 0 radical (unpaired) electrons. The molecule has 2 rings (SSSR count). The van der Waals surface area contributed by atoms with Gasteiger partial charge in [-0.2, -0.15) is 0 Å². The summed E-state index contributed by atoms with van der Waals surface area (Å²) in [6.07, 6.45) is 1.71. The molecule has 0 bridgehead atoms. The van der Waals surface area contributed by atoms with Gasteiger partial charge in [-0.1, -0.05) is 27.7 Å². The Kier molecular flexibility index (Phi) is 3.64. The van der Waals surface area contributed by atoms with Gasteiger partial charge in [0.2, 0.25) is 0 Å². The average molecular weight is 263 g/mol. The van der Waals surface area contributed by atoms with Crippen LogP contribution in [0.1, 0.15) is 27.7 Å². The molecule has 5 nitrogen and oxygen atoms in total. The van der Waals surface area contributed by atoms with E-state index in [1.165, 1.54) is 4.57 Å². The van der Waals surface area contributed by atoms with Gasteiger partial charge in [0.1, 0.15) is 5.52 Å². The van der Waals surface area contributed by atoms with Crippen LogP contribution in [0.25, 0.3) is 11.0 Å². The molecule has 0 amide bonds. The van der Waals surface area contributed by atoms with E-state index in [0.717, 1.165) is 0 Å². The fraction of sp³-hybridized carbons (Fsp3) is 0.571. The van der Waals surface area contributed by atoms with Crippen LogP contribution in [0.3, 0.4) is 0 Å². The summed E-state index contributed by atoms with van der Waals surface area (Å²) in [5.41, 5.74) is 0.780. The quantitative estimate of drug-likeness (QED) is 0.914. The molecule has 0 saturated heterocycles. The van der Waals surface area contributed by atoms with E-state index < -0.39 is 0 Å². The minimum atomic E-state index is -0.223. The molecule has 0 aliphatic carbocycles. The number of nitrogens with zero attached hydrogens (tertiary/aromatic N) is 2. The standard InChI is InChI=1S/C14H21N3O2/c1-9(2)7-16-11-5-6-15-12(11)13(18)17(14(16)19)8-10(3)4/h5-6,9-10,15H,7-8H2,1-4H3. The van der Waals surface area contributed by atoms with Crippen LogP contribution in [-0.2, 0) is 13.1 Å². The zero-order valence-corrected chi connectivity index (χ0v) is 11.9. The number of rotatable bonds is 4. The third-order valence-electron chi connectivity index (χ3n) is 3.03. The summed E-state index contributed by atoms with van der Waals surface area (Å²) in [7, 11) is 0. The number of nitrogens with one attached hydrogen (secondary N) is 1. The summed E-state index contributed by atoms with van der Waals surface area (Å²) in [4.78, 5) is 27.7. The van der Waals surface area contributed by atoms with Crippen LogP contribution in [0.15, 0.2) is 21.9 Å². The highest BCUT2D eigenvalue weighted by Gasteiger charge is 2.15. The number of aromatic nitrogens is 3. The number of fused-ring (bicyclic) bond motifs is 1. The van der Waals surface area contributed by atoms with Crippen molar-refractivity contribution in [2.45, 2.75) is 40.8 Å². The maximum Gasteiger partial charge on any atom is 0.331 e. The molecule has 2 heterocycles. The predicted molar refractivity (Wildman–Crippen MR) is 76.5 cm³/mol. The molecule has 0 atom stereocenters. The molecule has 0 aliphatic rings. The second kappa shape index (κ2) is 5.07. The summed E-state index contributed by atoms with van der Waals surface area (Å²) in [6, 6.07) is 1.79. The van der Waals surface area contributed by atoms with E-state index >= 15 is 0 Å². The van der Waals surface area contributed by atoms with Gasteiger partial charge in [0.15, 0.2) is 0 Å². The van der Waals surface area contributed by atoms with Crippen molar-refractivity contribution in [3.63, 3.8) is 0 Å². The van der Waals surface area contributed by atoms with Crippen LogP contribution in [0.2, 0.25) is 0 Å². The average Bonchev–Trinajstić information content (AvgIpc) is 2.78. The van der Waals surface area contributed by atoms with Gasteiger partial charge in [-0.3, -0.25) is 13.9 Å². The van der Waals surface area contributed by atoms with Crippen molar-refractivity contribution < 1.29 is 0 Å². The van der Waals surface area contributed by atoms with Crippen molar-refractivity contribution >= 4 is 11.0 Å². The van der Waals surface area contributed by atoms with Crippen molar-refractivity contribution in [2.24, 2.45) is 11.8 Å². The molecule has 1 N–H and O–H groups in total. The van der Waals surface area contributed by atoms with Crippen LogP contribution in [0, 0.1) is 11.8 Å². The lowest BCUT2D eigenvalue weighted by molar-refractivity contribution is 0.452. The second-order valence-corrected chi connectivity index (χ2v) is 5.83. The first-order valence-corrected chi connectivity index (χ1v) is 6.72. The molecule has 0 unspecified atom stereocenters.